The van der Waals surface area contributed by atoms with Gasteiger partial charge in [-0.25, -0.2) is 0 Å². The number of hydrogen-bond donors (Lipinski definition) is 1. The van der Waals surface area contributed by atoms with Crippen LogP contribution >= 0.6 is 11.3 Å². The van der Waals surface area contributed by atoms with E-state index >= 15 is 0 Å². The maximum absolute atomic E-state index is 10.1. The van der Waals surface area contributed by atoms with Gasteiger partial charge >= 0.3 is 0 Å². The summed E-state index contributed by atoms with van der Waals surface area (Å²) in [6, 6.07) is 1.97. The maximum Gasteiger partial charge on any atom is 0.0839 e. The highest BCUT2D eigenvalue weighted by atomic mass is 32.1. The zero-order valence-corrected chi connectivity index (χ0v) is 10.6. The highest BCUT2D eigenvalue weighted by Gasteiger charge is 2.15. The second kappa shape index (κ2) is 4.39. The van der Waals surface area contributed by atoms with Crippen LogP contribution in [0.2, 0.25) is 0 Å². The quantitative estimate of drug-likeness (QED) is 0.888. The van der Waals surface area contributed by atoms with Crippen molar-refractivity contribution in [3.63, 3.8) is 0 Å². The Morgan fingerprint density at radius 3 is 2.75 bits per heavy atom. The minimum absolute atomic E-state index is 0.423. The highest BCUT2D eigenvalue weighted by Crippen LogP contribution is 2.23. The Morgan fingerprint density at radius 2 is 2.25 bits per heavy atom. The Hall–Kier alpha value is -1.13. The molecule has 0 saturated heterocycles. The molecule has 2 aromatic heterocycles. The van der Waals surface area contributed by atoms with Crippen LogP contribution in [0.5, 0.6) is 0 Å². The summed E-state index contributed by atoms with van der Waals surface area (Å²) in [5, 5.41) is 18.4. The van der Waals surface area contributed by atoms with Gasteiger partial charge in [0, 0.05) is 19.2 Å². The van der Waals surface area contributed by atoms with Gasteiger partial charge in [0.05, 0.1) is 11.8 Å². The molecular weight excluding hydrogens is 220 g/mol. The first-order chi connectivity index (χ1) is 7.59. The van der Waals surface area contributed by atoms with Gasteiger partial charge in [-0.05, 0) is 41.8 Å². The molecule has 0 bridgehead atoms. The number of aliphatic hydroxyl groups excluding tert-OH is 1. The molecule has 2 heterocycles. The molecule has 4 heteroatoms. The van der Waals surface area contributed by atoms with Crippen LogP contribution in [0.4, 0.5) is 0 Å². The van der Waals surface area contributed by atoms with E-state index < -0.39 is 6.10 Å². The predicted octanol–water partition coefficient (Wildman–Crippen LogP) is 2.37. The second-order valence-electron chi connectivity index (χ2n) is 4.05. The summed E-state index contributed by atoms with van der Waals surface area (Å²) in [5.41, 5.74) is 4.29. The van der Waals surface area contributed by atoms with E-state index in [4.69, 9.17) is 0 Å². The lowest BCUT2D eigenvalue weighted by atomic mass is 10.0. The van der Waals surface area contributed by atoms with Crippen LogP contribution in [-0.2, 0) is 13.5 Å². The van der Waals surface area contributed by atoms with Gasteiger partial charge in [-0.1, -0.05) is 0 Å². The van der Waals surface area contributed by atoms with Gasteiger partial charge in [0.2, 0.25) is 0 Å². The lowest BCUT2D eigenvalue weighted by molar-refractivity contribution is 0.178. The van der Waals surface area contributed by atoms with Crippen LogP contribution in [0.25, 0.3) is 0 Å². The van der Waals surface area contributed by atoms with E-state index in [0.29, 0.717) is 6.42 Å². The van der Waals surface area contributed by atoms with Crippen LogP contribution in [0, 0.1) is 13.8 Å². The van der Waals surface area contributed by atoms with E-state index in [1.807, 2.05) is 42.4 Å². The Balaban J connectivity index is 2.21. The Kier molecular flexibility index (Phi) is 3.12. The first-order valence-corrected chi connectivity index (χ1v) is 6.23. The van der Waals surface area contributed by atoms with Crippen LogP contribution < -0.4 is 0 Å². The minimum Gasteiger partial charge on any atom is -0.388 e. The van der Waals surface area contributed by atoms with E-state index in [1.54, 1.807) is 11.3 Å². The molecular formula is C12H16N2OS. The van der Waals surface area contributed by atoms with Crippen LogP contribution in [-0.4, -0.2) is 14.9 Å². The molecule has 2 rings (SSSR count). The molecule has 0 fully saturated rings. The van der Waals surface area contributed by atoms with Gasteiger partial charge in [0.15, 0.2) is 0 Å². The molecule has 3 nitrogen and oxygen atoms in total. The van der Waals surface area contributed by atoms with Crippen molar-refractivity contribution >= 4 is 11.3 Å². The normalized spacial score (nSPS) is 13.0. The molecule has 0 aromatic carbocycles. The first kappa shape index (κ1) is 11.4. The van der Waals surface area contributed by atoms with E-state index in [0.717, 1.165) is 22.5 Å². The second-order valence-corrected chi connectivity index (χ2v) is 4.83. The molecule has 0 aliphatic carbocycles. The van der Waals surface area contributed by atoms with E-state index in [1.165, 1.54) is 0 Å². The largest absolute Gasteiger partial charge is 0.388 e. The summed E-state index contributed by atoms with van der Waals surface area (Å²) < 4.78 is 1.87. The maximum atomic E-state index is 10.1. The van der Waals surface area contributed by atoms with Crippen molar-refractivity contribution in [2.45, 2.75) is 26.4 Å². The van der Waals surface area contributed by atoms with E-state index in [2.05, 4.69) is 5.10 Å². The molecule has 0 amide bonds. The van der Waals surface area contributed by atoms with Crippen LogP contribution in [0.1, 0.15) is 28.6 Å². The van der Waals surface area contributed by atoms with E-state index in [9.17, 15) is 5.11 Å². The summed E-state index contributed by atoms with van der Waals surface area (Å²) in [6.07, 6.45) is 0.218. The molecule has 1 N–H and O–H groups in total. The van der Waals surface area contributed by atoms with Gasteiger partial charge in [-0.3, -0.25) is 4.68 Å². The Bertz CT molecular complexity index is 473. The van der Waals surface area contributed by atoms with Gasteiger partial charge in [-0.15, -0.1) is 0 Å². The van der Waals surface area contributed by atoms with Crippen LogP contribution in [0.15, 0.2) is 16.8 Å². The fraction of sp³-hybridized carbons (Fsp3) is 0.417. The van der Waals surface area contributed by atoms with Crippen molar-refractivity contribution in [2.24, 2.45) is 7.05 Å². The third-order valence-electron chi connectivity index (χ3n) is 2.98. The molecule has 0 aliphatic rings. The van der Waals surface area contributed by atoms with Crippen molar-refractivity contribution in [3.8, 4) is 0 Å². The fourth-order valence-corrected chi connectivity index (χ4v) is 2.60. The highest BCUT2D eigenvalue weighted by molar-refractivity contribution is 7.07. The number of rotatable bonds is 3. The summed E-state index contributed by atoms with van der Waals surface area (Å²) in [4.78, 5) is 0. The molecule has 0 spiro atoms. The predicted molar refractivity (Wildman–Crippen MR) is 65.7 cm³/mol. The smallest absolute Gasteiger partial charge is 0.0839 e. The standard InChI is InChI=1S/C12H16N2OS/c1-8-11(9(2)14(3)13-8)6-12(15)10-4-5-16-7-10/h4-5,7,12,15H,6H2,1-3H3. The Morgan fingerprint density at radius 1 is 1.50 bits per heavy atom. The number of hydrogen-bond acceptors (Lipinski definition) is 3. The van der Waals surface area contributed by atoms with Crippen molar-refractivity contribution < 1.29 is 5.11 Å². The number of nitrogens with zero attached hydrogens (tertiary/aromatic N) is 2. The first-order valence-electron chi connectivity index (χ1n) is 5.29. The van der Waals surface area contributed by atoms with Gasteiger partial charge in [0.25, 0.3) is 0 Å². The molecule has 0 saturated carbocycles. The fourth-order valence-electron chi connectivity index (χ4n) is 1.89. The lowest BCUT2D eigenvalue weighted by Gasteiger charge is -2.09. The van der Waals surface area contributed by atoms with Gasteiger partial charge < -0.3 is 5.11 Å². The zero-order chi connectivity index (χ0) is 11.7. The SMILES string of the molecule is Cc1nn(C)c(C)c1CC(O)c1ccsc1. The Labute approximate surface area is 99.4 Å². The van der Waals surface area contributed by atoms with Crippen molar-refractivity contribution in [1.29, 1.82) is 0 Å². The summed E-state index contributed by atoms with van der Waals surface area (Å²) in [5.74, 6) is 0. The monoisotopic (exact) mass is 236 g/mol. The summed E-state index contributed by atoms with van der Waals surface area (Å²) in [7, 11) is 1.93. The molecule has 2 aromatic rings. The number of aliphatic hydroxyl groups is 1. The van der Waals surface area contributed by atoms with Gasteiger partial charge in [0.1, 0.15) is 0 Å². The third kappa shape index (κ3) is 2.03. The average Bonchev–Trinajstić information content (AvgIpc) is 2.83. The van der Waals surface area contributed by atoms with Crippen LogP contribution in [0.3, 0.4) is 0 Å². The molecule has 1 unspecified atom stereocenters. The summed E-state index contributed by atoms with van der Waals surface area (Å²) >= 11 is 1.61. The molecule has 0 radical (unpaired) electrons. The third-order valence-corrected chi connectivity index (χ3v) is 3.69. The lowest BCUT2D eigenvalue weighted by Crippen LogP contribution is -2.02. The zero-order valence-electron chi connectivity index (χ0n) is 9.77. The number of aryl methyl sites for hydroxylation is 2. The molecule has 0 aliphatic heterocycles. The van der Waals surface area contributed by atoms with Crippen molar-refractivity contribution in [1.82, 2.24) is 9.78 Å². The number of aromatic nitrogens is 2. The van der Waals surface area contributed by atoms with Gasteiger partial charge in [-0.2, -0.15) is 16.4 Å². The average molecular weight is 236 g/mol. The van der Waals surface area contributed by atoms with Crippen molar-refractivity contribution in [3.05, 3.63) is 39.3 Å². The molecule has 16 heavy (non-hydrogen) atoms. The minimum atomic E-state index is -0.423. The topological polar surface area (TPSA) is 38.0 Å². The van der Waals surface area contributed by atoms with Crippen molar-refractivity contribution in [2.75, 3.05) is 0 Å². The molecule has 86 valence electrons. The number of thiophene rings is 1. The summed E-state index contributed by atoms with van der Waals surface area (Å²) in [6.45, 7) is 4.03. The van der Waals surface area contributed by atoms with E-state index in [-0.39, 0.29) is 0 Å². The molecule has 1 atom stereocenters.